The summed E-state index contributed by atoms with van der Waals surface area (Å²) < 4.78 is 3.18. The van der Waals surface area contributed by atoms with E-state index in [4.69, 9.17) is 0 Å². The third kappa shape index (κ3) is 1.10. The second-order valence-corrected chi connectivity index (χ2v) is 3.72. The van der Waals surface area contributed by atoms with Crippen LogP contribution in [-0.4, -0.2) is 16.3 Å². The van der Waals surface area contributed by atoms with Crippen LogP contribution >= 0.6 is 15.9 Å². The minimum atomic E-state index is 0.477. The lowest BCUT2D eigenvalue weighted by Crippen LogP contribution is -2.31. The molecule has 1 aliphatic rings. The monoisotopic (exact) mass is 215 g/mol. The molecule has 2 heterocycles. The van der Waals surface area contributed by atoms with Gasteiger partial charge in [0.05, 0.1) is 22.4 Å². The third-order valence-corrected chi connectivity index (χ3v) is 2.66. The zero-order chi connectivity index (χ0) is 7.84. The molecule has 0 fully saturated rings. The quantitative estimate of drug-likeness (QED) is 0.708. The number of fused-ring (bicyclic) bond motifs is 1. The Kier molecular flexibility index (Phi) is 1.73. The summed E-state index contributed by atoms with van der Waals surface area (Å²) in [5, 5.41) is 7.59. The zero-order valence-electron chi connectivity index (χ0n) is 6.34. The van der Waals surface area contributed by atoms with Crippen LogP contribution in [0.5, 0.6) is 0 Å². The largest absolute Gasteiger partial charge is 0.309 e. The lowest BCUT2D eigenvalue weighted by Gasteiger charge is -2.22. The van der Waals surface area contributed by atoms with Gasteiger partial charge in [-0.3, -0.25) is 4.68 Å². The second-order valence-electron chi connectivity index (χ2n) is 2.86. The van der Waals surface area contributed by atoms with Gasteiger partial charge in [0.1, 0.15) is 0 Å². The lowest BCUT2D eigenvalue weighted by atomic mass is 10.2. The van der Waals surface area contributed by atoms with Gasteiger partial charge in [-0.15, -0.1) is 0 Å². The van der Waals surface area contributed by atoms with Crippen LogP contribution in [0.1, 0.15) is 18.7 Å². The Balaban J connectivity index is 2.46. The van der Waals surface area contributed by atoms with E-state index >= 15 is 0 Å². The van der Waals surface area contributed by atoms with Gasteiger partial charge in [0.25, 0.3) is 0 Å². The smallest absolute Gasteiger partial charge is 0.0667 e. The number of nitrogens with zero attached hydrogens (tertiary/aromatic N) is 2. The minimum Gasteiger partial charge on any atom is -0.309 e. The van der Waals surface area contributed by atoms with Crippen LogP contribution in [0, 0.1) is 0 Å². The van der Waals surface area contributed by atoms with Crippen molar-refractivity contribution in [1.29, 1.82) is 0 Å². The molecular weight excluding hydrogens is 206 g/mol. The molecule has 1 aliphatic heterocycles. The Labute approximate surface area is 73.9 Å². The average Bonchev–Trinajstić information content (AvgIpc) is 2.35. The van der Waals surface area contributed by atoms with Gasteiger partial charge < -0.3 is 5.32 Å². The van der Waals surface area contributed by atoms with Gasteiger partial charge in [0.2, 0.25) is 0 Å². The van der Waals surface area contributed by atoms with Crippen LogP contribution < -0.4 is 5.32 Å². The number of rotatable bonds is 0. The molecule has 0 amide bonds. The van der Waals surface area contributed by atoms with Gasteiger partial charge in [-0.2, -0.15) is 5.10 Å². The highest BCUT2D eigenvalue weighted by atomic mass is 79.9. The van der Waals surface area contributed by atoms with Crippen LogP contribution in [-0.2, 0) is 6.54 Å². The van der Waals surface area contributed by atoms with Gasteiger partial charge in [-0.1, -0.05) is 0 Å². The summed E-state index contributed by atoms with van der Waals surface area (Å²) in [6, 6.07) is 0.477. The molecule has 1 aromatic rings. The maximum Gasteiger partial charge on any atom is 0.0667 e. The average molecular weight is 216 g/mol. The van der Waals surface area contributed by atoms with E-state index in [-0.39, 0.29) is 0 Å². The van der Waals surface area contributed by atoms with E-state index in [9.17, 15) is 0 Å². The van der Waals surface area contributed by atoms with E-state index in [0.29, 0.717) is 6.04 Å². The van der Waals surface area contributed by atoms with E-state index in [1.54, 1.807) is 0 Å². The maximum absolute atomic E-state index is 4.27. The molecule has 4 heteroatoms. The van der Waals surface area contributed by atoms with Gasteiger partial charge in [0.15, 0.2) is 0 Å². The molecule has 0 spiro atoms. The fourth-order valence-electron chi connectivity index (χ4n) is 1.40. The maximum atomic E-state index is 4.27. The van der Waals surface area contributed by atoms with Crippen molar-refractivity contribution in [3.63, 3.8) is 0 Å². The van der Waals surface area contributed by atoms with Gasteiger partial charge in [-0.05, 0) is 22.9 Å². The molecule has 0 aliphatic carbocycles. The number of hydrogen-bond acceptors (Lipinski definition) is 2. The van der Waals surface area contributed by atoms with Gasteiger partial charge in [0, 0.05) is 13.1 Å². The first-order valence-corrected chi connectivity index (χ1v) is 4.51. The first kappa shape index (κ1) is 7.31. The summed E-state index contributed by atoms with van der Waals surface area (Å²) in [6.45, 7) is 4.10. The molecule has 2 rings (SSSR count). The van der Waals surface area contributed by atoms with Crippen LogP contribution in [0.4, 0.5) is 0 Å². The number of halogens is 1. The SMILES string of the molecule is C[C@H]1CNCc2c(Br)cnn21. The van der Waals surface area contributed by atoms with E-state index in [1.807, 2.05) is 6.20 Å². The third-order valence-electron chi connectivity index (χ3n) is 2.00. The van der Waals surface area contributed by atoms with Crippen molar-refractivity contribution in [2.45, 2.75) is 19.5 Å². The fourth-order valence-corrected chi connectivity index (χ4v) is 1.81. The molecule has 0 saturated carbocycles. The van der Waals surface area contributed by atoms with Crippen molar-refractivity contribution >= 4 is 15.9 Å². The number of hydrogen-bond donors (Lipinski definition) is 1. The number of aromatic nitrogens is 2. The Hall–Kier alpha value is -0.350. The van der Waals surface area contributed by atoms with Gasteiger partial charge in [-0.25, -0.2) is 0 Å². The zero-order valence-corrected chi connectivity index (χ0v) is 7.93. The van der Waals surface area contributed by atoms with Crippen molar-refractivity contribution < 1.29 is 0 Å². The normalized spacial score (nSPS) is 23.3. The topological polar surface area (TPSA) is 29.9 Å². The molecule has 3 nitrogen and oxygen atoms in total. The van der Waals surface area contributed by atoms with Gasteiger partial charge >= 0.3 is 0 Å². The molecule has 0 saturated heterocycles. The molecule has 0 radical (unpaired) electrons. The van der Waals surface area contributed by atoms with Crippen molar-refractivity contribution in [3.8, 4) is 0 Å². The van der Waals surface area contributed by atoms with E-state index in [1.165, 1.54) is 5.69 Å². The summed E-state index contributed by atoms with van der Waals surface area (Å²) >= 11 is 3.46. The van der Waals surface area contributed by atoms with Crippen LogP contribution in [0.25, 0.3) is 0 Å². The molecule has 0 unspecified atom stereocenters. The summed E-state index contributed by atoms with van der Waals surface area (Å²) in [5.74, 6) is 0. The highest BCUT2D eigenvalue weighted by molar-refractivity contribution is 9.10. The number of nitrogens with one attached hydrogen (secondary N) is 1. The Morgan fingerprint density at radius 3 is 3.36 bits per heavy atom. The highest BCUT2D eigenvalue weighted by Crippen LogP contribution is 2.21. The predicted octanol–water partition coefficient (Wildman–Crippen LogP) is 1.31. The standard InChI is InChI=1S/C7H10BrN3/c1-5-2-9-4-7-6(8)3-10-11(5)7/h3,5,9H,2,4H2,1H3/t5-/m0/s1. The molecule has 0 aromatic carbocycles. The Morgan fingerprint density at radius 2 is 2.64 bits per heavy atom. The van der Waals surface area contributed by atoms with E-state index < -0.39 is 0 Å². The highest BCUT2D eigenvalue weighted by Gasteiger charge is 2.17. The van der Waals surface area contributed by atoms with Crippen LogP contribution in [0.2, 0.25) is 0 Å². The molecule has 60 valence electrons. The first-order chi connectivity index (χ1) is 5.29. The summed E-state index contributed by atoms with van der Waals surface area (Å²) in [5.41, 5.74) is 1.25. The second kappa shape index (κ2) is 2.60. The van der Waals surface area contributed by atoms with Crippen molar-refractivity contribution in [1.82, 2.24) is 15.1 Å². The Morgan fingerprint density at radius 1 is 1.82 bits per heavy atom. The molecule has 1 atom stereocenters. The van der Waals surface area contributed by atoms with Crippen LogP contribution in [0.15, 0.2) is 10.7 Å². The van der Waals surface area contributed by atoms with Crippen molar-refractivity contribution in [2.75, 3.05) is 6.54 Å². The molecule has 1 N–H and O–H groups in total. The van der Waals surface area contributed by atoms with E-state index in [0.717, 1.165) is 17.6 Å². The minimum absolute atomic E-state index is 0.477. The fraction of sp³-hybridized carbons (Fsp3) is 0.571. The molecule has 0 bridgehead atoms. The van der Waals surface area contributed by atoms with Crippen LogP contribution in [0.3, 0.4) is 0 Å². The molecule has 1 aromatic heterocycles. The van der Waals surface area contributed by atoms with Crippen molar-refractivity contribution in [2.24, 2.45) is 0 Å². The Bertz CT molecular complexity index is 269. The first-order valence-electron chi connectivity index (χ1n) is 3.71. The van der Waals surface area contributed by atoms with E-state index in [2.05, 4.69) is 38.0 Å². The molecular formula is C7H10BrN3. The summed E-state index contributed by atoms with van der Waals surface area (Å²) in [6.07, 6.45) is 1.86. The summed E-state index contributed by atoms with van der Waals surface area (Å²) in [4.78, 5) is 0. The molecule has 11 heavy (non-hydrogen) atoms. The summed E-state index contributed by atoms with van der Waals surface area (Å²) in [7, 11) is 0. The lowest BCUT2D eigenvalue weighted by molar-refractivity contribution is 0.391. The predicted molar refractivity (Wildman–Crippen MR) is 46.3 cm³/mol. The van der Waals surface area contributed by atoms with Crippen molar-refractivity contribution in [3.05, 3.63) is 16.4 Å².